The zero-order chi connectivity index (χ0) is 19.6. The van der Waals surface area contributed by atoms with Crippen LogP contribution in [0.1, 0.15) is 19.8 Å². The smallest absolute Gasteiger partial charge is 0.280 e. The Kier molecular flexibility index (Phi) is 10.5. The summed E-state index contributed by atoms with van der Waals surface area (Å²) in [5, 5.41) is 31.3. The lowest BCUT2D eigenvalue weighted by atomic mass is 9.86. The van der Waals surface area contributed by atoms with E-state index in [1.54, 1.807) is 6.92 Å². The monoisotopic (exact) mass is 380 g/mol. The molecule has 0 aromatic heterocycles. The highest BCUT2D eigenvalue weighted by atomic mass is 16.7. The Morgan fingerprint density at radius 2 is 1.96 bits per heavy atom. The van der Waals surface area contributed by atoms with Gasteiger partial charge in [0.15, 0.2) is 6.29 Å². The van der Waals surface area contributed by atoms with Crippen molar-refractivity contribution in [1.82, 2.24) is 5.32 Å². The van der Waals surface area contributed by atoms with Crippen LogP contribution in [0.15, 0.2) is 0 Å². The van der Waals surface area contributed by atoms with Gasteiger partial charge in [0.1, 0.15) is 0 Å². The van der Waals surface area contributed by atoms with E-state index in [0.717, 1.165) is 0 Å². The van der Waals surface area contributed by atoms with E-state index in [4.69, 9.17) is 24.7 Å². The lowest BCUT2D eigenvalue weighted by Crippen LogP contribution is -2.60. The third-order valence-electron chi connectivity index (χ3n) is 4.30. The van der Waals surface area contributed by atoms with Crippen LogP contribution in [0.5, 0.6) is 0 Å². The number of hydrogen-bond donors (Lipinski definition) is 5. The quantitative estimate of drug-likeness (QED) is 0.190. The first-order valence-corrected chi connectivity index (χ1v) is 8.77. The molecule has 26 heavy (non-hydrogen) atoms. The van der Waals surface area contributed by atoms with E-state index in [-0.39, 0.29) is 31.9 Å². The van der Waals surface area contributed by atoms with Crippen LogP contribution in [0.3, 0.4) is 0 Å². The van der Waals surface area contributed by atoms with Crippen LogP contribution in [0, 0.1) is 5.92 Å². The topological polar surface area (TPSA) is 153 Å². The Labute approximate surface area is 153 Å². The number of carbonyl (C=O) groups is 1. The second-order valence-corrected chi connectivity index (χ2v) is 6.23. The number of nitrogens with one attached hydrogen (secondary N) is 1. The molecule has 1 heterocycles. The molecule has 10 nitrogen and oxygen atoms in total. The first kappa shape index (κ1) is 23.2. The largest absolute Gasteiger partial charge is 0.393 e. The van der Waals surface area contributed by atoms with Crippen molar-refractivity contribution < 1.29 is 39.1 Å². The molecule has 6 N–H and O–H groups in total. The summed E-state index contributed by atoms with van der Waals surface area (Å²) in [6.45, 7) is 3.94. The van der Waals surface area contributed by atoms with Gasteiger partial charge in [-0.25, -0.2) is 0 Å². The van der Waals surface area contributed by atoms with E-state index >= 15 is 0 Å². The Balaban J connectivity index is 2.47. The van der Waals surface area contributed by atoms with Crippen LogP contribution in [-0.4, -0.2) is 92.1 Å². The molecule has 1 aliphatic heterocycles. The van der Waals surface area contributed by atoms with Gasteiger partial charge in [-0.3, -0.25) is 4.79 Å². The highest BCUT2D eigenvalue weighted by Crippen LogP contribution is 2.35. The number of nitrogens with two attached hydrogens (primary N) is 1. The maximum atomic E-state index is 12.5. The van der Waals surface area contributed by atoms with Crippen LogP contribution in [0.2, 0.25) is 0 Å². The predicted molar refractivity (Wildman–Crippen MR) is 90.9 cm³/mol. The second-order valence-electron chi connectivity index (χ2n) is 6.23. The van der Waals surface area contributed by atoms with E-state index in [1.807, 2.05) is 0 Å². The predicted octanol–water partition coefficient (Wildman–Crippen LogP) is -2.08. The molecule has 4 atom stereocenters. The average molecular weight is 380 g/mol. The summed E-state index contributed by atoms with van der Waals surface area (Å²) in [6.07, 6.45) is -3.42. The number of ether oxygens (including phenoxy) is 4. The molecule has 0 aliphatic carbocycles. The van der Waals surface area contributed by atoms with Gasteiger partial charge in [-0.2, -0.15) is 0 Å². The van der Waals surface area contributed by atoms with Crippen LogP contribution < -0.4 is 11.1 Å². The molecule has 0 radical (unpaired) electrons. The Hall–Kier alpha value is -0.850. The summed E-state index contributed by atoms with van der Waals surface area (Å²) >= 11 is 0. The molecule has 1 aliphatic rings. The van der Waals surface area contributed by atoms with Gasteiger partial charge < -0.3 is 45.3 Å². The Morgan fingerprint density at radius 1 is 1.31 bits per heavy atom. The highest BCUT2D eigenvalue weighted by molar-refractivity contribution is 5.83. The number of methoxy groups -OCH3 is 1. The van der Waals surface area contributed by atoms with Crippen LogP contribution >= 0.6 is 0 Å². The van der Waals surface area contributed by atoms with Crippen molar-refractivity contribution in [3.8, 4) is 0 Å². The van der Waals surface area contributed by atoms with E-state index < -0.39 is 30.2 Å². The minimum Gasteiger partial charge on any atom is -0.393 e. The van der Waals surface area contributed by atoms with Gasteiger partial charge in [0, 0.05) is 39.0 Å². The number of amides is 1. The maximum Gasteiger partial charge on any atom is 0.280 e. The molecule has 1 rings (SSSR count). The summed E-state index contributed by atoms with van der Waals surface area (Å²) in [7, 11) is 1.31. The molecule has 0 spiro atoms. The molecular formula is C16H32N2O8. The fraction of sp³-hybridized carbons (Fsp3) is 0.938. The van der Waals surface area contributed by atoms with E-state index in [0.29, 0.717) is 26.4 Å². The number of carbonyl (C=O) groups excluding carboxylic acids is 1. The Bertz CT molecular complexity index is 412. The molecule has 4 unspecified atom stereocenters. The molecule has 1 fully saturated rings. The van der Waals surface area contributed by atoms with Crippen molar-refractivity contribution in [2.75, 3.05) is 46.6 Å². The number of aliphatic hydroxyl groups is 3. The molecule has 0 aromatic rings. The summed E-state index contributed by atoms with van der Waals surface area (Å²) < 4.78 is 21.5. The summed E-state index contributed by atoms with van der Waals surface area (Å²) in [5.74, 6) is -2.61. The van der Waals surface area contributed by atoms with Gasteiger partial charge in [0.2, 0.25) is 0 Å². The number of hydrogen-bond acceptors (Lipinski definition) is 9. The molecule has 0 bridgehead atoms. The normalized spacial score (nSPS) is 29.1. The van der Waals surface area contributed by atoms with Gasteiger partial charge in [0.05, 0.1) is 38.6 Å². The summed E-state index contributed by atoms with van der Waals surface area (Å²) in [4.78, 5) is 12.5. The molecule has 1 saturated heterocycles. The minimum absolute atomic E-state index is 0.0533. The SMILES string of the molecule is COC1(C(=O)NCCOCCOCCN)CC(O)C(C)C(CC(O)O)O1. The van der Waals surface area contributed by atoms with Gasteiger partial charge >= 0.3 is 0 Å². The number of aliphatic hydroxyl groups excluding tert-OH is 2. The van der Waals surface area contributed by atoms with E-state index in [9.17, 15) is 20.1 Å². The zero-order valence-corrected chi connectivity index (χ0v) is 15.4. The lowest BCUT2D eigenvalue weighted by molar-refractivity contribution is -0.291. The first-order valence-electron chi connectivity index (χ1n) is 8.77. The fourth-order valence-corrected chi connectivity index (χ4v) is 2.73. The summed E-state index contributed by atoms with van der Waals surface area (Å²) in [5.41, 5.74) is 5.29. The minimum atomic E-state index is -1.68. The molecule has 10 heteroatoms. The third kappa shape index (κ3) is 7.05. The third-order valence-corrected chi connectivity index (χ3v) is 4.30. The average Bonchev–Trinajstić information content (AvgIpc) is 2.60. The molecule has 0 saturated carbocycles. The molecular weight excluding hydrogens is 348 g/mol. The van der Waals surface area contributed by atoms with Crippen molar-refractivity contribution in [2.24, 2.45) is 11.7 Å². The lowest BCUT2D eigenvalue weighted by Gasteiger charge is -2.44. The van der Waals surface area contributed by atoms with Crippen molar-refractivity contribution >= 4 is 5.91 Å². The van der Waals surface area contributed by atoms with Crippen LogP contribution in [0.4, 0.5) is 0 Å². The highest BCUT2D eigenvalue weighted by Gasteiger charge is 2.50. The van der Waals surface area contributed by atoms with Gasteiger partial charge in [-0.1, -0.05) is 6.92 Å². The van der Waals surface area contributed by atoms with E-state index in [2.05, 4.69) is 5.32 Å². The van der Waals surface area contributed by atoms with Gasteiger partial charge in [-0.05, 0) is 0 Å². The standard InChI is InChI=1S/C16H32N2O8/c1-11-12(19)10-16(23-2,26-13(11)9-14(20)21)15(22)18-4-6-25-8-7-24-5-3-17/h11-14,19-21H,3-10,17H2,1-2H3,(H,18,22). The van der Waals surface area contributed by atoms with Crippen molar-refractivity contribution in [3.63, 3.8) is 0 Å². The molecule has 154 valence electrons. The fourth-order valence-electron chi connectivity index (χ4n) is 2.73. The summed E-state index contributed by atoms with van der Waals surface area (Å²) in [6, 6.07) is 0. The van der Waals surface area contributed by atoms with E-state index in [1.165, 1.54) is 7.11 Å². The zero-order valence-electron chi connectivity index (χ0n) is 15.4. The van der Waals surface area contributed by atoms with Crippen molar-refractivity contribution in [3.05, 3.63) is 0 Å². The van der Waals surface area contributed by atoms with Crippen molar-refractivity contribution in [1.29, 1.82) is 0 Å². The molecule has 1 amide bonds. The maximum absolute atomic E-state index is 12.5. The second kappa shape index (κ2) is 11.8. The van der Waals surface area contributed by atoms with Gasteiger partial charge in [-0.15, -0.1) is 0 Å². The Morgan fingerprint density at radius 3 is 2.54 bits per heavy atom. The van der Waals surface area contributed by atoms with Crippen molar-refractivity contribution in [2.45, 2.75) is 44.1 Å². The number of rotatable bonds is 12. The van der Waals surface area contributed by atoms with Crippen LogP contribution in [0.25, 0.3) is 0 Å². The van der Waals surface area contributed by atoms with Gasteiger partial charge in [0.25, 0.3) is 11.7 Å². The molecule has 0 aromatic carbocycles. The first-order chi connectivity index (χ1) is 12.4. The van der Waals surface area contributed by atoms with Crippen LogP contribution in [-0.2, 0) is 23.7 Å².